The van der Waals surface area contributed by atoms with Crippen LogP contribution in [-0.4, -0.2) is 40.3 Å². The summed E-state index contributed by atoms with van der Waals surface area (Å²) in [5.41, 5.74) is 10.9. The van der Waals surface area contributed by atoms with Crippen LogP contribution in [0.1, 0.15) is 12.8 Å². The van der Waals surface area contributed by atoms with Crippen molar-refractivity contribution in [1.82, 2.24) is 0 Å². The van der Waals surface area contributed by atoms with Gasteiger partial charge in [0.25, 0.3) is 0 Å². The van der Waals surface area contributed by atoms with Gasteiger partial charge in [-0.05, 0) is 24.3 Å². The molecule has 0 aliphatic carbocycles. The molecule has 0 bridgehead atoms. The maximum atomic E-state index is 10.8. The highest BCUT2D eigenvalue weighted by molar-refractivity contribution is 6.30. The average Bonchev–Trinajstić information content (AvgIpc) is 2.40. The van der Waals surface area contributed by atoms with Crippen LogP contribution >= 0.6 is 11.6 Å². The monoisotopic (exact) mass is 316 g/mol. The molecule has 0 aromatic heterocycles. The van der Waals surface area contributed by atoms with Crippen LogP contribution in [0.2, 0.25) is 5.02 Å². The van der Waals surface area contributed by atoms with Gasteiger partial charge < -0.3 is 26.4 Å². The van der Waals surface area contributed by atoms with E-state index in [0.717, 1.165) is 0 Å². The first-order chi connectivity index (χ1) is 9.79. The van der Waals surface area contributed by atoms with Gasteiger partial charge in [0.2, 0.25) is 0 Å². The number of carboxylic acid groups (broad SMARTS) is 2. The number of aliphatic carboxylic acids is 2. The van der Waals surface area contributed by atoms with E-state index in [9.17, 15) is 9.59 Å². The van der Waals surface area contributed by atoms with Gasteiger partial charge in [-0.1, -0.05) is 11.6 Å². The van der Waals surface area contributed by atoms with Gasteiger partial charge >= 0.3 is 11.9 Å². The number of halogens is 1. The number of nitrogens with two attached hydrogens (primary N) is 2. The van der Waals surface area contributed by atoms with E-state index in [4.69, 9.17) is 38.0 Å². The van der Waals surface area contributed by atoms with Crippen molar-refractivity contribution in [2.75, 3.05) is 0 Å². The summed E-state index contributed by atoms with van der Waals surface area (Å²) in [5, 5.41) is 18.2. The Balaban J connectivity index is 2.77. The van der Waals surface area contributed by atoms with Gasteiger partial charge in [0.15, 0.2) is 0 Å². The van der Waals surface area contributed by atoms with Gasteiger partial charge in [-0.3, -0.25) is 9.59 Å². The van der Waals surface area contributed by atoms with Crippen molar-refractivity contribution in [2.24, 2.45) is 11.5 Å². The molecule has 0 fully saturated rings. The maximum Gasteiger partial charge on any atom is 0.320 e. The Labute approximate surface area is 126 Å². The third-order valence-electron chi connectivity index (χ3n) is 2.78. The lowest BCUT2D eigenvalue weighted by atomic mass is 10.0. The van der Waals surface area contributed by atoms with Crippen LogP contribution in [0.3, 0.4) is 0 Å². The molecular formula is C13H17ClN2O5. The van der Waals surface area contributed by atoms with Crippen molar-refractivity contribution in [3.63, 3.8) is 0 Å². The minimum absolute atomic E-state index is 0.0566. The fourth-order valence-electron chi connectivity index (χ4n) is 1.67. The Kier molecular flexibility index (Phi) is 6.41. The van der Waals surface area contributed by atoms with E-state index in [1.165, 1.54) is 0 Å². The molecule has 116 valence electrons. The summed E-state index contributed by atoms with van der Waals surface area (Å²) in [5.74, 6) is -1.95. The first-order valence-corrected chi connectivity index (χ1v) is 6.56. The second-order valence-corrected chi connectivity index (χ2v) is 4.99. The van der Waals surface area contributed by atoms with Crippen molar-refractivity contribution in [1.29, 1.82) is 0 Å². The third-order valence-corrected chi connectivity index (χ3v) is 3.04. The molecule has 6 N–H and O–H groups in total. The van der Waals surface area contributed by atoms with Gasteiger partial charge in [-0.15, -0.1) is 0 Å². The SMILES string of the molecule is NC(CC(CC(N)C(=O)O)Oc1ccc(Cl)cc1)C(=O)O. The Bertz CT molecular complexity index is 472. The first-order valence-electron chi connectivity index (χ1n) is 6.18. The van der Waals surface area contributed by atoms with Gasteiger partial charge in [0, 0.05) is 17.9 Å². The Morgan fingerprint density at radius 3 is 1.86 bits per heavy atom. The number of carboxylic acids is 2. The van der Waals surface area contributed by atoms with E-state index in [1.54, 1.807) is 24.3 Å². The summed E-state index contributed by atoms with van der Waals surface area (Å²) >= 11 is 5.75. The smallest absolute Gasteiger partial charge is 0.320 e. The van der Waals surface area contributed by atoms with Gasteiger partial charge in [0.1, 0.15) is 23.9 Å². The zero-order chi connectivity index (χ0) is 16.0. The zero-order valence-corrected chi connectivity index (χ0v) is 11.9. The van der Waals surface area contributed by atoms with E-state index in [0.29, 0.717) is 10.8 Å². The van der Waals surface area contributed by atoms with Crippen molar-refractivity contribution in [3.8, 4) is 5.75 Å². The lowest BCUT2D eigenvalue weighted by Gasteiger charge is -2.22. The lowest BCUT2D eigenvalue weighted by molar-refractivity contribution is -0.139. The Morgan fingerprint density at radius 1 is 1.05 bits per heavy atom. The number of hydrogen-bond acceptors (Lipinski definition) is 5. The molecule has 0 aliphatic heterocycles. The van der Waals surface area contributed by atoms with E-state index in [1.807, 2.05) is 0 Å². The molecule has 7 nitrogen and oxygen atoms in total. The van der Waals surface area contributed by atoms with E-state index in [2.05, 4.69) is 0 Å². The molecule has 0 radical (unpaired) electrons. The second-order valence-electron chi connectivity index (χ2n) is 4.55. The topological polar surface area (TPSA) is 136 Å². The summed E-state index contributed by atoms with van der Waals surface area (Å²) in [6, 6.07) is 4.05. The maximum absolute atomic E-state index is 10.8. The molecule has 0 spiro atoms. The first kappa shape index (κ1) is 17.2. The van der Waals surface area contributed by atoms with Crippen LogP contribution in [0.5, 0.6) is 5.75 Å². The fourth-order valence-corrected chi connectivity index (χ4v) is 1.79. The standard InChI is InChI=1S/C13H17ClN2O5/c14-7-1-3-8(4-2-7)21-9(5-10(15)12(17)18)6-11(16)13(19)20/h1-4,9-11H,5-6,15-16H2,(H,17,18)(H,19,20). The zero-order valence-electron chi connectivity index (χ0n) is 11.1. The van der Waals surface area contributed by atoms with Crippen LogP contribution in [0.25, 0.3) is 0 Å². The molecule has 0 amide bonds. The minimum Gasteiger partial charge on any atom is -0.490 e. The third kappa shape index (κ3) is 5.99. The molecule has 1 aromatic rings. The highest BCUT2D eigenvalue weighted by atomic mass is 35.5. The molecular weight excluding hydrogens is 300 g/mol. The van der Waals surface area contributed by atoms with Gasteiger partial charge in [0.05, 0.1) is 0 Å². The summed E-state index contributed by atoms with van der Waals surface area (Å²) in [7, 11) is 0. The predicted octanol–water partition coefficient (Wildman–Crippen LogP) is 0.691. The molecule has 8 heteroatoms. The lowest BCUT2D eigenvalue weighted by Crippen LogP contribution is -2.41. The van der Waals surface area contributed by atoms with Crippen molar-refractivity contribution in [2.45, 2.75) is 31.0 Å². The van der Waals surface area contributed by atoms with Crippen LogP contribution in [0.4, 0.5) is 0 Å². The number of carbonyl (C=O) groups is 2. The van der Waals surface area contributed by atoms with Gasteiger partial charge in [-0.2, -0.15) is 0 Å². The van der Waals surface area contributed by atoms with Crippen molar-refractivity contribution < 1.29 is 24.5 Å². The summed E-state index contributed by atoms with van der Waals surface area (Å²) in [6.45, 7) is 0. The molecule has 2 atom stereocenters. The minimum atomic E-state index is -1.19. The Hall–Kier alpha value is -1.83. The molecule has 1 aromatic carbocycles. The number of hydrogen-bond donors (Lipinski definition) is 4. The number of rotatable bonds is 8. The fraction of sp³-hybridized carbons (Fsp3) is 0.385. The normalized spacial score (nSPS) is 15.0. The van der Waals surface area contributed by atoms with E-state index < -0.39 is 30.1 Å². The molecule has 1 rings (SSSR count). The Morgan fingerprint density at radius 2 is 1.48 bits per heavy atom. The summed E-state index contributed by atoms with van der Waals surface area (Å²) < 4.78 is 5.57. The highest BCUT2D eigenvalue weighted by Crippen LogP contribution is 2.19. The molecule has 0 heterocycles. The number of benzene rings is 1. The van der Waals surface area contributed by atoms with Crippen molar-refractivity contribution >= 4 is 23.5 Å². The highest BCUT2D eigenvalue weighted by Gasteiger charge is 2.25. The quantitative estimate of drug-likeness (QED) is 0.554. The second kappa shape index (κ2) is 7.82. The van der Waals surface area contributed by atoms with E-state index in [-0.39, 0.29) is 12.8 Å². The summed E-state index contributed by atoms with van der Waals surface area (Å²) in [4.78, 5) is 21.6. The molecule has 0 saturated heterocycles. The van der Waals surface area contributed by atoms with Crippen molar-refractivity contribution in [3.05, 3.63) is 29.3 Å². The average molecular weight is 317 g/mol. The molecule has 0 saturated carbocycles. The molecule has 0 aliphatic rings. The van der Waals surface area contributed by atoms with Crippen LogP contribution in [0.15, 0.2) is 24.3 Å². The van der Waals surface area contributed by atoms with Crippen LogP contribution < -0.4 is 16.2 Å². The largest absolute Gasteiger partial charge is 0.490 e. The van der Waals surface area contributed by atoms with E-state index >= 15 is 0 Å². The summed E-state index contributed by atoms with van der Waals surface area (Å²) in [6.07, 6.45) is -0.846. The predicted molar refractivity (Wildman–Crippen MR) is 76.3 cm³/mol. The number of ether oxygens (including phenoxy) is 1. The van der Waals surface area contributed by atoms with Gasteiger partial charge in [-0.25, -0.2) is 0 Å². The van der Waals surface area contributed by atoms with Crippen LogP contribution in [0, 0.1) is 0 Å². The molecule has 21 heavy (non-hydrogen) atoms. The molecule has 2 unspecified atom stereocenters. The van der Waals surface area contributed by atoms with Crippen LogP contribution in [-0.2, 0) is 9.59 Å².